The van der Waals surface area contributed by atoms with Gasteiger partial charge in [0.25, 0.3) is 5.91 Å². The van der Waals surface area contributed by atoms with Crippen molar-refractivity contribution in [3.8, 4) is 22.8 Å². The molecule has 0 aliphatic heterocycles. The zero-order valence-electron chi connectivity index (χ0n) is 19.0. The SMILES string of the molecule is COc1ccc(/C=N/NC(=O)c2ccc(-c3csc(Nc4ccc(C)cc4)n3)cc2)c(OC)c1. The van der Waals surface area contributed by atoms with Gasteiger partial charge in [-0.05, 0) is 43.3 Å². The van der Waals surface area contributed by atoms with Crippen molar-refractivity contribution in [2.45, 2.75) is 6.92 Å². The number of rotatable bonds is 8. The van der Waals surface area contributed by atoms with Crippen molar-refractivity contribution in [1.82, 2.24) is 10.4 Å². The molecule has 34 heavy (non-hydrogen) atoms. The molecule has 0 radical (unpaired) electrons. The molecule has 3 aromatic carbocycles. The van der Waals surface area contributed by atoms with Gasteiger partial charge in [0.15, 0.2) is 5.13 Å². The zero-order chi connectivity index (χ0) is 23.9. The summed E-state index contributed by atoms with van der Waals surface area (Å²) in [6.45, 7) is 2.06. The van der Waals surface area contributed by atoms with Gasteiger partial charge in [-0.3, -0.25) is 4.79 Å². The first-order chi connectivity index (χ1) is 16.6. The lowest BCUT2D eigenvalue weighted by molar-refractivity contribution is 0.0955. The highest BCUT2D eigenvalue weighted by Crippen LogP contribution is 2.27. The second kappa shape index (κ2) is 10.6. The predicted molar refractivity (Wildman–Crippen MR) is 137 cm³/mol. The molecule has 1 aromatic heterocycles. The van der Waals surface area contributed by atoms with Gasteiger partial charge in [-0.25, -0.2) is 10.4 Å². The summed E-state index contributed by atoms with van der Waals surface area (Å²) in [7, 11) is 3.15. The van der Waals surface area contributed by atoms with Gasteiger partial charge >= 0.3 is 0 Å². The molecule has 0 aliphatic carbocycles. The normalized spacial score (nSPS) is 10.8. The van der Waals surface area contributed by atoms with E-state index in [9.17, 15) is 4.79 Å². The number of thiazole rings is 1. The number of hydrazone groups is 1. The van der Waals surface area contributed by atoms with Crippen LogP contribution >= 0.6 is 11.3 Å². The molecule has 0 saturated carbocycles. The topological polar surface area (TPSA) is 84.8 Å². The summed E-state index contributed by atoms with van der Waals surface area (Å²) < 4.78 is 10.5. The summed E-state index contributed by atoms with van der Waals surface area (Å²) in [5.41, 5.74) is 7.73. The van der Waals surface area contributed by atoms with E-state index in [1.54, 1.807) is 44.6 Å². The molecule has 0 saturated heterocycles. The number of aromatic nitrogens is 1. The molecular weight excluding hydrogens is 448 g/mol. The fraction of sp³-hybridized carbons (Fsp3) is 0.115. The smallest absolute Gasteiger partial charge is 0.271 e. The van der Waals surface area contributed by atoms with Gasteiger partial charge in [-0.1, -0.05) is 29.8 Å². The van der Waals surface area contributed by atoms with E-state index < -0.39 is 0 Å². The number of hydrogen-bond acceptors (Lipinski definition) is 7. The van der Waals surface area contributed by atoms with Crippen LogP contribution in [-0.2, 0) is 0 Å². The number of carbonyl (C=O) groups is 1. The van der Waals surface area contributed by atoms with E-state index in [2.05, 4.69) is 39.9 Å². The van der Waals surface area contributed by atoms with E-state index in [-0.39, 0.29) is 5.91 Å². The average Bonchev–Trinajstić information content (AvgIpc) is 3.34. The Morgan fingerprint density at radius 2 is 1.76 bits per heavy atom. The van der Waals surface area contributed by atoms with Crippen molar-refractivity contribution in [2.75, 3.05) is 19.5 Å². The quantitative estimate of drug-likeness (QED) is 0.256. The maximum atomic E-state index is 12.5. The highest BCUT2D eigenvalue weighted by molar-refractivity contribution is 7.14. The minimum atomic E-state index is -0.310. The number of ether oxygens (including phenoxy) is 2. The van der Waals surface area contributed by atoms with Gasteiger partial charge in [0.1, 0.15) is 11.5 Å². The highest BCUT2D eigenvalue weighted by atomic mass is 32.1. The molecule has 4 rings (SSSR count). The first-order valence-corrected chi connectivity index (χ1v) is 11.4. The molecular formula is C26H24N4O3S. The van der Waals surface area contributed by atoms with Crippen LogP contribution in [-0.4, -0.2) is 31.3 Å². The molecule has 1 amide bonds. The first-order valence-electron chi connectivity index (χ1n) is 10.5. The molecule has 0 unspecified atom stereocenters. The Hall–Kier alpha value is -4.17. The van der Waals surface area contributed by atoms with Gasteiger partial charge in [-0.15, -0.1) is 11.3 Å². The van der Waals surface area contributed by atoms with Gasteiger partial charge in [0, 0.05) is 33.8 Å². The van der Waals surface area contributed by atoms with Crippen molar-refractivity contribution >= 4 is 34.3 Å². The van der Waals surface area contributed by atoms with E-state index in [1.165, 1.54) is 23.1 Å². The number of nitrogens with zero attached hydrogens (tertiary/aromatic N) is 2. The second-order valence-electron chi connectivity index (χ2n) is 7.41. The van der Waals surface area contributed by atoms with Crippen LogP contribution in [0.1, 0.15) is 21.5 Å². The Balaban J connectivity index is 1.38. The molecule has 0 bridgehead atoms. The Morgan fingerprint density at radius 3 is 2.47 bits per heavy atom. The molecule has 0 aliphatic rings. The molecule has 4 aromatic rings. The Morgan fingerprint density at radius 1 is 1.00 bits per heavy atom. The third kappa shape index (κ3) is 5.60. The van der Waals surface area contributed by atoms with Crippen molar-refractivity contribution < 1.29 is 14.3 Å². The molecule has 1 heterocycles. The Kier molecular flexibility index (Phi) is 7.19. The van der Waals surface area contributed by atoms with E-state index in [4.69, 9.17) is 9.47 Å². The highest BCUT2D eigenvalue weighted by Gasteiger charge is 2.09. The first kappa shape index (κ1) is 23.0. The molecule has 2 N–H and O–H groups in total. The van der Waals surface area contributed by atoms with Crippen LogP contribution < -0.4 is 20.2 Å². The van der Waals surface area contributed by atoms with Crippen LogP contribution in [0.5, 0.6) is 11.5 Å². The maximum absolute atomic E-state index is 12.5. The summed E-state index contributed by atoms with van der Waals surface area (Å²) in [6, 6.07) is 20.8. The van der Waals surface area contributed by atoms with Gasteiger partial charge < -0.3 is 14.8 Å². The Labute approximate surface area is 202 Å². The Bertz CT molecular complexity index is 1300. The lowest BCUT2D eigenvalue weighted by atomic mass is 10.1. The number of benzene rings is 3. The maximum Gasteiger partial charge on any atom is 0.271 e. The molecule has 0 spiro atoms. The standard InChI is InChI=1S/C26H24N4O3S/c1-17-4-11-21(12-5-17)28-26-29-23(16-34-26)18-6-8-19(9-7-18)25(31)30-27-15-20-10-13-22(32-2)14-24(20)33-3/h4-16H,1-3H3,(H,28,29)(H,30,31)/b27-15+. The lowest BCUT2D eigenvalue weighted by Gasteiger charge is -2.07. The van der Waals surface area contributed by atoms with E-state index >= 15 is 0 Å². The number of amides is 1. The third-order valence-electron chi connectivity index (χ3n) is 5.06. The van der Waals surface area contributed by atoms with Crippen LogP contribution in [0.25, 0.3) is 11.3 Å². The van der Waals surface area contributed by atoms with E-state index in [0.29, 0.717) is 17.1 Å². The molecule has 7 nitrogen and oxygen atoms in total. The summed E-state index contributed by atoms with van der Waals surface area (Å²) in [4.78, 5) is 17.1. The molecule has 8 heteroatoms. The number of carbonyl (C=O) groups excluding carboxylic acids is 1. The fourth-order valence-electron chi connectivity index (χ4n) is 3.17. The summed E-state index contributed by atoms with van der Waals surface area (Å²) in [5, 5.41) is 10.2. The number of hydrogen-bond donors (Lipinski definition) is 2. The number of anilines is 2. The minimum absolute atomic E-state index is 0.310. The number of nitrogens with one attached hydrogen (secondary N) is 2. The van der Waals surface area contributed by atoms with Crippen molar-refractivity contribution in [2.24, 2.45) is 5.10 Å². The third-order valence-corrected chi connectivity index (χ3v) is 5.82. The van der Waals surface area contributed by atoms with Gasteiger partial charge in [-0.2, -0.15) is 5.10 Å². The fourth-order valence-corrected chi connectivity index (χ4v) is 3.91. The van der Waals surface area contributed by atoms with Crippen LogP contribution in [0.2, 0.25) is 0 Å². The largest absolute Gasteiger partial charge is 0.497 e. The van der Waals surface area contributed by atoms with Crippen LogP contribution in [0.4, 0.5) is 10.8 Å². The van der Waals surface area contributed by atoms with Crippen LogP contribution in [0.15, 0.2) is 77.2 Å². The second-order valence-corrected chi connectivity index (χ2v) is 8.27. The number of methoxy groups -OCH3 is 2. The van der Waals surface area contributed by atoms with Crippen molar-refractivity contribution in [3.05, 3.63) is 88.8 Å². The van der Waals surface area contributed by atoms with E-state index in [0.717, 1.165) is 27.6 Å². The summed E-state index contributed by atoms with van der Waals surface area (Å²) in [5.74, 6) is 0.966. The van der Waals surface area contributed by atoms with Gasteiger partial charge in [0.2, 0.25) is 0 Å². The molecule has 0 atom stereocenters. The molecule has 0 fully saturated rings. The zero-order valence-corrected chi connectivity index (χ0v) is 19.8. The molecule has 172 valence electrons. The lowest BCUT2D eigenvalue weighted by Crippen LogP contribution is -2.17. The van der Waals surface area contributed by atoms with Gasteiger partial charge in [0.05, 0.1) is 26.1 Å². The predicted octanol–water partition coefficient (Wildman–Crippen LogP) is 5.64. The average molecular weight is 473 g/mol. The number of aryl methyl sites for hydroxylation is 1. The van der Waals surface area contributed by atoms with Crippen LogP contribution in [0, 0.1) is 6.92 Å². The van der Waals surface area contributed by atoms with E-state index in [1.807, 2.05) is 29.6 Å². The summed E-state index contributed by atoms with van der Waals surface area (Å²) in [6.07, 6.45) is 1.53. The minimum Gasteiger partial charge on any atom is -0.497 e. The van der Waals surface area contributed by atoms with Crippen molar-refractivity contribution in [3.63, 3.8) is 0 Å². The summed E-state index contributed by atoms with van der Waals surface area (Å²) >= 11 is 1.53. The van der Waals surface area contributed by atoms with Crippen LogP contribution in [0.3, 0.4) is 0 Å². The monoisotopic (exact) mass is 472 g/mol. The van der Waals surface area contributed by atoms with Crippen molar-refractivity contribution in [1.29, 1.82) is 0 Å².